The fraction of sp³-hybridized carbons (Fsp3) is 0.833. The number of aliphatic hydroxyl groups excluding tert-OH is 1. The molecule has 1 rings (SSSR count). The second kappa shape index (κ2) is 5.60. The van der Waals surface area contributed by atoms with Crippen LogP contribution in [0, 0.1) is 5.41 Å². The first-order valence-corrected chi connectivity index (χ1v) is 5.85. The molecule has 5 heteroatoms. The van der Waals surface area contributed by atoms with Crippen LogP contribution in [0.1, 0.15) is 39.4 Å². The summed E-state index contributed by atoms with van der Waals surface area (Å²) in [6.07, 6.45) is 0.576. The maximum atomic E-state index is 9.92. The summed E-state index contributed by atoms with van der Waals surface area (Å²) >= 11 is 0. The van der Waals surface area contributed by atoms with Crippen molar-refractivity contribution in [2.45, 2.75) is 52.7 Å². The molecule has 0 aliphatic rings. The third-order valence-electron chi connectivity index (χ3n) is 2.75. The van der Waals surface area contributed by atoms with E-state index in [0.29, 0.717) is 24.6 Å². The van der Waals surface area contributed by atoms with Crippen molar-refractivity contribution < 1.29 is 14.4 Å². The molecule has 2 atom stereocenters. The Kier molecular flexibility index (Phi) is 4.65. The van der Waals surface area contributed by atoms with Gasteiger partial charge < -0.3 is 14.4 Å². The lowest BCUT2D eigenvalue weighted by Gasteiger charge is -2.24. The van der Waals surface area contributed by atoms with Gasteiger partial charge in [-0.1, -0.05) is 25.9 Å². The van der Waals surface area contributed by atoms with Crippen molar-refractivity contribution in [3.63, 3.8) is 0 Å². The zero-order chi connectivity index (χ0) is 13.1. The van der Waals surface area contributed by atoms with E-state index in [2.05, 4.69) is 10.1 Å². The van der Waals surface area contributed by atoms with Crippen LogP contribution in [0.2, 0.25) is 0 Å². The Labute approximate surface area is 102 Å². The van der Waals surface area contributed by atoms with Gasteiger partial charge in [0.15, 0.2) is 5.82 Å². The number of aromatic nitrogens is 2. The number of hydrogen-bond donors (Lipinski definition) is 1. The number of methoxy groups -OCH3 is 1. The molecule has 0 aromatic carbocycles. The minimum Gasteiger partial charge on any atom is -0.392 e. The van der Waals surface area contributed by atoms with Gasteiger partial charge in [0, 0.05) is 13.5 Å². The van der Waals surface area contributed by atoms with Gasteiger partial charge in [-0.15, -0.1) is 0 Å². The standard InChI is InChI=1S/C12H22N2O3/c1-8(16-5)6-10-13-11(17-14-10)7-9(15)12(2,3)4/h8-9,15H,6-7H2,1-5H3. The molecule has 0 radical (unpaired) electrons. The average Bonchev–Trinajstić information content (AvgIpc) is 2.64. The van der Waals surface area contributed by atoms with Crippen LogP contribution in [0.15, 0.2) is 4.52 Å². The van der Waals surface area contributed by atoms with Crippen molar-refractivity contribution in [3.8, 4) is 0 Å². The maximum absolute atomic E-state index is 9.92. The molecule has 0 aliphatic carbocycles. The van der Waals surface area contributed by atoms with Gasteiger partial charge in [0.25, 0.3) is 0 Å². The van der Waals surface area contributed by atoms with Gasteiger partial charge in [0.05, 0.1) is 18.6 Å². The van der Waals surface area contributed by atoms with Crippen molar-refractivity contribution in [1.29, 1.82) is 0 Å². The number of ether oxygens (including phenoxy) is 1. The van der Waals surface area contributed by atoms with E-state index in [1.54, 1.807) is 7.11 Å². The van der Waals surface area contributed by atoms with Crippen LogP contribution in [0.5, 0.6) is 0 Å². The Bertz CT molecular complexity index is 344. The summed E-state index contributed by atoms with van der Waals surface area (Å²) in [6, 6.07) is 0. The summed E-state index contributed by atoms with van der Waals surface area (Å²) in [6.45, 7) is 7.87. The lowest BCUT2D eigenvalue weighted by molar-refractivity contribution is 0.0565. The van der Waals surface area contributed by atoms with Crippen molar-refractivity contribution in [2.24, 2.45) is 5.41 Å². The molecule has 17 heavy (non-hydrogen) atoms. The van der Waals surface area contributed by atoms with Crippen LogP contribution >= 0.6 is 0 Å². The summed E-state index contributed by atoms with van der Waals surface area (Å²) in [5, 5.41) is 13.8. The van der Waals surface area contributed by atoms with Gasteiger partial charge in [-0.3, -0.25) is 0 Å². The summed E-state index contributed by atoms with van der Waals surface area (Å²) < 4.78 is 10.2. The predicted molar refractivity (Wildman–Crippen MR) is 63.6 cm³/mol. The van der Waals surface area contributed by atoms with Gasteiger partial charge in [-0.2, -0.15) is 4.98 Å². The number of nitrogens with zero attached hydrogens (tertiary/aromatic N) is 2. The Morgan fingerprint density at radius 3 is 2.53 bits per heavy atom. The Hall–Kier alpha value is -0.940. The fourth-order valence-electron chi connectivity index (χ4n) is 1.27. The number of rotatable bonds is 5. The number of hydrogen-bond acceptors (Lipinski definition) is 5. The molecular weight excluding hydrogens is 220 g/mol. The van der Waals surface area contributed by atoms with Crippen molar-refractivity contribution in [2.75, 3.05) is 7.11 Å². The molecule has 5 nitrogen and oxygen atoms in total. The van der Waals surface area contributed by atoms with E-state index in [4.69, 9.17) is 9.26 Å². The second-order valence-corrected chi connectivity index (χ2v) is 5.44. The van der Waals surface area contributed by atoms with Crippen molar-refractivity contribution in [1.82, 2.24) is 10.1 Å². The summed E-state index contributed by atoms with van der Waals surface area (Å²) in [7, 11) is 1.65. The van der Waals surface area contributed by atoms with Crippen LogP contribution in [0.4, 0.5) is 0 Å². The highest BCUT2D eigenvalue weighted by Gasteiger charge is 2.24. The van der Waals surface area contributed by atoms with Crippen molar-refractivity contribution >= 4 is 0 Å². The van der Waals surface area contributed by atoms with Crippen LogP contribution in [-0.4, -0.2) is 34.6 Å². The molecule has 98 valence electrons. The molecule has 0 spiro atoms. The molecule has 1 aromatic heterocycles. The molecule has 0 aliphatic heterocycles. The molecular formula is C12H22N2O3. The first kappa shape index (κ1) is 14.1. The topological polar surface area (TPSA) is 68.4 Å². The van der Waals surface area contributed by atoms with Crippen molar-refractivity contribution in [3.05, 3.63) is 11.7 Å². The molecule has 0 saturated carbocycles. The highest BCUT2D eigenvalue weighted by molar-refractivity contribution is 4.91. The highest BCUT2D eigenvalue weighted by atomic mass is 16.5. The van der Waals surface area contributed by atoms with Gasteiger partial charge >= 0.3 is 0 Å². The average molecular weight is 242 g/mol. The summed E-state index contributed by atoms with van der Waals surface area (Å²) in [4.78, 5) is 4.23. The quantitative estimate of drug-likeness (QED) is 0.849. The lowest BCUT2D eigenvalue weighted by atomic mass is 9.87. The molecule has 0 bridgehead atoms. The SMILES string of the molecule is COC(C)Cc1noc(CC(O)C(C)(C)C)n1. The molecule has 0 saturated heterocycles. The number of aliphatic hydroxyl groups is 1. The highest BCUT2D eigenvalue weighted by Crippen LogP contribution is 2.21. The Morgan fingerprint density at radius 1 is 1.35 bits per heavy atom. The Morgan fingerprint density at radius 2 is 2.00 bits per heavy atom. The van der Waals surface area contributed by atoms with Gasteiger partial charge in [0.2, 0.25) is 5.89 Å². The predicted octanol–water partition coefficient (Wildman–Crippen LogP) is 1.60. The molecule has 1 N–H and O–H groups in total. The van der Waals surface area contributed by atoms with Crippen LogP contribution in [-0.2, 0) is 17.6 Å². The van der Waals surface area contributed by atoms with Crippen LogP contribution < -0.4 is 0 Å². The van der Waals surface area contributed by atoms with Gasteiger partial charge in [0.1, 0.15) is 0 Å². The third kappa shape index (κ3) is 4.44. The third-order valence-corrected chi connectivity index (χ3v) is 2.75. The first-order chi connectivity index (χ1) is 7.82. The molecule has 0 fully saturated rings. The van der Waals surface area contributed by atoms with E-state index >= 15 is 0 Å². The van der Waals surface area contributed by atoms with E-state index in [0.717, 1.165) is 0 Å². The molecule has 1 aromatic rings. The van der Waals surface area contributed by atoms with E-state index in [-0.39, 0.29) is 11.5 Å². The summed E-state index contributed by atoms with van der Waals surface area (Å²) in [5.74, 6) is 1.10. The minimum atomic E-state index is -0.490. The van der Waals surface area contributed by atoms with E-state index < -0.39 is 6.10 Å². The van der Waals surface area contributed by atoms with E-state index in [9.17, 15) is 5.11 Å². The monoisotopic (exact) mass is 242 g/mol. The first-order valence-electron chi connectivity index (χ1n) is 5.85. The second-order valence-electron chi connectivity index (χ2n) is 5.44. The Balaban J connectivity index is 2.57. The van der Waals surface area contributed by atoms with E-state index in [1.165, 1.54) is 0 Å². The molecule has 2 unspecified atom stereocenters. The zero-order valence-corrected chi connectivity index (χ0v) is 11.2. The molecule has 1 heterocycles. The van der Waals surface area contributed by atoms with Crippen LogP contribution in [0.3, 0.4) is 0 Å². The zero-order valence-electron chi connectivity index (χ0n) is 11.2. The smallest absolute Gasteiger partial charge is 0.229 e. The summed E-state index contributed by atoms with van der Waals surface area (Å²) in [5.41, 5.74) is -0.186. The normalized spacial score (nSPS) is 15.9. The minimum absolute atomic E-state index is 0.0630. The molecule has 0 amide bonds. The van der Waals surface area contributed by atoms with Crippen LogP contribution in [0.25, 0.3) is 0 Å². The lowest BCUT2D eigenvalue weighted by Crippen LogP contribution is -2.28. The van der Waals surface area contributed by atoms with E-state index in [1.807, 2.05) is 27.7 Å². The maximum Gasteiger partial charge on any atom is 0.229 e. The van der Waals surface area contributed by atoms with Gasteiger partial charge in [-0.05, 0) is 12.3 Å². The van der Waals surface area contributed by atoms with Gasteiger partial charge in [-0.25, -0.2) is 0 Å². The fourth-order valence-corrected chi connectivity index (χ4v) is 1.27. The largest absolute Gasteiger partial charge is 0.392 e.